The number of thioether (sulfide) groups is 1. The minimum absolute atomic E-state index is 0.0764. The molecule has 2 aromatic carbocycles. The van der Waals surface area contributed by atoms with Crippen molar-refractivity contribution in [1.82, 2.24) is 24.1 Å². The van der Waals surface area contributed by atoms with E-state index in [0.717, 1.165) is 22.7 Å². The molecule has 5 aromatic rings. The average molecular weight is 496 g/mol. The largest absolute Gasteiger partial charge is 0.497 e. The average Bonchev–Trinajstić information content (AvgIpc) is 3.42. The Morgan fingerprint density at radius 3 is 2.58 bits per heavy atom. The van der Waals surface area contributed by atoms with E-state index in [2.05, 4.69) is 15.2 Å². The molecule has 3 heterocycles. The number of hydrogen-bond donors (Lipinski definition) is 0. The van der Waals surface area contributed by atoms with Gasteiger partial charge >= 0.3 is 0 Å². The highest BCUT2D eigenvalue weighted by molar-refractivity contribution is 7.98. The molecule has 0 saturated carbocycles. The number of aromatic nitrogens is 5. The molecule has 10 heteroatoms. The van der Waals surface area contributed by atoms with Crippen molar-refractivity contribution >= 4 is 39.7 Å². The van der Waals surface area contributed by atoms with Crippen LogP contribution in [0.5, 0.6) is 5.75 Å². The quantitative estimate of drug-likeness (QED) is 0.299. The molecule has 5 rings (SSSR count). The molecule has 0 radical (unpaired) electrons. The molecule has 0 N–H and O–H groups in total. The summed E-state index contributed by atoms with van der Waals surface area (Å²) >= 11 is 9.04. The van der Waals surface area contributed by atoms with Crippen LogP contribution in [0, 0.1) is 6.92 Å². The fourth-order valence-corrected chi connectivity index (χ4v) is 5.29. The van der Waals surface area contributed by atoms with Gasteiger partial charge in [-0.25, -0.2) is 4.98 Å². The zero-order chi connectivity index (χ0) is 22.9. The summed E-state index contributed by atoms with van der Waals surface area (Å²) in [6.07, 6.45) is 0. The van der Waals surface area contributed by atoms with E-state index in [1.807, 2.05) is 65.4 Å². The summed E-state index contributed by atoms with van der Waals surface area (Å²) in [5.74, 6) is 1.94. The Hall–Kier alpha value is -3.14. The van der Waals surface area contributed by atoms with Crippen LogP contribution in [0.2, 0.25) is 5.02 Å². The van der Waals surface area contributed by atoms with Crippen LogP contribution in [0.3, 0.4) is 0 Å². The number of nitrogens with zero attached hydrogens (tertiary/aromatic N) is 5. The molecule has 0 atom stereocenters. The van der Waals surface area contributed by atoms with E-state index in [9.17, 15) is 4.79 Å². The van der Waals surface area contributed by atoms with Gasteiger partial charge in [0.05, 0.1) is 12.8 Å². The number of halogens is 1. The topological polar surface area (TPSA) is 74.3 Å². The molecule has 0 bridgehead atoms. The molecular weight excluding hydrogens is 478 g/mol. The number of fused-ring (bicyclic) bond motifs is 1. The first-order valence-corrected chi connectivity index (χ1v) is 12.2. The third kappa shape index (κ3) is 4.27. The molecule has 0 unspecified atom stereocenters. The number of benzene rings is 2. The SMILES string of the molecule is COc1ccc(-c2nnc(SCc3cc(=O)n4c(C)csc4n3)n2-c2ccc(Cl)cc2)cc1. The summed E-state index contributed by atoms with van der Waals surface area (Å²) in [6.45, 7) is 1.90. The van der Waals surface area contributed by atoms with Crippen LogP contribution in [-0.4, -0.2) is 31.3 Å². The lowest BCUT2D eigenvalue weighted by Crippen LogP contribution is -2.14. The second-order valence-corrected chi connectivity index (χ2v) is 9.43. The van der Waals surface area contributed by atoms with E-state index in [0.29, 0.717) is 32.4 Å². The standard InChI is InChI=1S/C23H18ClN5O2S2/c1-14-12-32-22-25-17(11-20(30)28(14)22)13-33-23-27-26-21(15-3-9-19(31-2)10-4-15)29(23)18-7-5-16(24)6-8-18/h3-12H,13H2,1-2H3. The van der Waals surface area contributed by atoms with Crippen molar-refractivity contribution in [1.29, 1.82) is 0 Å². The predicted molar refractivity (Wildman–Crippen MR) is 132 cm³/mol. The maximum Gasteiger partial charge on any atom is 0.258 e. The minimum Gasteiger partial charge on any atom is -0.497 e. The number of rotatable bonds is 6. The first-order chi connectivity index (χ1) is 16.0. The molecule has 3 aromatic heterocycles. The summed E-state index contributed by atoms with van der Waals surface area (Å²) in [5, 5.41) is 12.2. The van der Waals surface area contributed by atoms with Crippen molar-refractivity contribution in [2.75, 3.05) is 7.11 Å². The van der Waals surface area contributed by atoms with Gasteiger partial charge in [-0.15, -0.1) is 21.5 Å². The lowest BCUT2D eigenvalue weighted by atomic mass is 10.2. The highest BCUT2D eigenvalue weighted by Crippen LogP contribution is 2.31. The zero-order valence-corrected chi connectivity index (χ0v) is 20.1. The van der Waals surface area contributed by atoms with E-state index in [1.165, 1.54) is 23.1 Å². The number of thiazole rings is 1. The van der Waals surface area contributed by atoms with Crippen LogP contribution in [0.25, 0.3) is 22.0 Å². The second-order valence-electron chi connectivity index (χ2n) is 7.22. The van der Waals surface area contributed by atoms with Crippen LogP contribution in [0.1, 0.15) is 11.4 Å². The number of ether oxygens (including phenoxy) is 1. The van der Waals surface area contributed by atoms with E-state index >= 15 is 0 Å². The first kappa shape index (κ1) is 21.7. The van der Waals surface area contributed by atoms with Gasteiger partial charge in [0, 0.05) is 39.2 Å². The molecule has 0 saturated heterocycles. The van der Waals surface area contributed by atoms with Gasteiger partial charge in [-0.05, 0) is 55.5 Å². The minimum atomic E-state index is -0.0764. The van der Waals surface area contributed by atoms with Gasteiger partial charge in [-0.2, -0.15) is 0 Å². The molecule has 0 fully saturated rings. The van der Waals surface area contributed by atoms with E-state index < -0.39 is 0 Å². The van der Waals surface area contributed by atoms with E-state index in [-0.39, 0.29) is 5.56 Å². The summed E-state index contributed by atoms with van der Waals surface area (Å²) < 4.78 is 8.87. The highest BCUT2D eigenvalue weighted by atomic mass is 35.5. The molecule has 0 aliphatic heterocycles. The molecule has 0 aliphatic carbocycles. The van der Waals surface area contributed by atoms with Crippen LogP contribution >= 0.6 is 34.7 Å². The van der Waals surface area contributed by atoms with E-state index in [4.69, 9.17) is 16.3 Å². The molecule has 7 nitrogen and oxygen atoms in total. The number of hydrogen-bond acceptors (Lipinski definition) is 7. The Morgan fingerprint density at radius 1 is 1.09 bits per heavy atom. The summed E-state index contributed by atoms with van der Waals surface area (Å²) in [5.41, 5.74) is 3.29. The number of methoxy groups -OCH3 is 1. The van der Waals surface area contributed by atoms with Crippen LogP contribution in [0.4, 0.5) is 0 Å². The van der Waals surface area contributed by atoms with Gasteiger partial charge < -0.3 is 4.74 Å². The maximum atomic E-state index is 12.5. The normalized spacial score (nSPS) is 11.2. The molecular formula is C23H18ClN5O2S2. The third-order valence-electron chi connectivity index (χ3n) is 5.04. The lowest BCUT2D eigenvalue weighted by Gasteiger charge is -2.11. The van der Waals surface area contributed by atoms with Gasteiger partial charge in [-0.1, -0.05) is 23.4 Å². The second kappa shape index (κ2) is 9.01. The van der Waals surface area contributed by atoms with Gasteiger partial charge in [0.15, 0.2) is 15.9 Å². The van der Waals surface area contributed by atoms with Crippen molar-refractivity contribution in [2.24, 2.45) is 0 Å². The lowest BCUT2D eigenvalue weighted by molar-refractivity contribution is 0.415. The van der Waals surface area contributed by atoms with Gasteiger partial charge in [0.25, 0.3) is 5.56 Å². The van der Waals surface area contributed by atoms with Crippen LogP contribution in [0.15, 0.2) is 69.9 Å². The van der Waals surface area contributed by atoms with E-state index in [1.54, 1.807) is 17.6 Å². The smallest absolute Gasteiger partial charge is 0.258 e. The van der Waals surface area contributed by atoms with Gasteiger partial charge in [0.2, 0.25) is 0 Å². The van der Waals surface area contributed by atoms with Crippen molar-refractivity contribution in [2.45, 2.75) is 17.8 Å². The van der Waals surface area contributed by atoms with Gasteiger partial charge in [-0.3, -0.25) is 13.8 Å². The zero-order valence-electron chi connectivity index (χ0n) is 17.7. The van der Waals surface area contributed by atoms with Crippen molar-refractivity contribution in [3.63, 3.8) is 0 Å². The third-order valence-corrected chi connectivity index (χ3v) is 7.20. The van der Waals surface area contributed by atoms with Crippen molar-refractivity contribution < 1.29 is 4.74 Å². The molecule has 33 heavy (non-hydrogen) atoms. The van der Waals surface area contributed by atoms with Gasteiger partial charge in [0.1, 0.15) is 5.75 Å². The summed E-state index contributed by atoms with van der Waals surface area (Å²) in [4.78, 5) is 17.8. The molecule has 0 amide bonds. The van der Waals surface area contributed by atoms with Crippen LogP contribution in [-0.2, 0) is 5.75 Å². The Bertz CT molecular complexity index is 1490. The predicted octanol–water partition coefficient (Wildman–Crippen LogP) is 5.27. The Kier molecular flexibility index (Phi) is 5.92. The molecule has 166 valence electrons. The highest BCUT2D eigenvalue weighted by Gasteiger charge is 2.17. The number of aryl methyl sites for hydroxylation is 1. The first-order valence-electron chi connectivity index (χ1n) is 9.99. The fourth-order valence-electron chi connectivity index (χ4n) is 3.43. The Morgan fingerprint density at radius 2 is 1.85 bits per heavy atom. The maximum absolute atomic E-state index is 12.5. The van der Waals surface area contributed by atoms with Crippen molar-refractivity contribution in [3.8, 4) is 22.8 Å². The van der Waals surface area contributed by atoms with Crippen molar-refractivity contribution in [3.05, 3.63) is 86.7 Å². The monoisotopic (exact) mass is 495 g/mol. The summed E-state index contributed by atoms with van der Waals surface area (Å²) in [6, 6.07) is 16.8. The Labute approximate surface area is 202 Å². The molecule has 0 spiro atoms. The van der Waals surface area contributed by atoms with Crippen LogP contribution < -0.4 is 10.3 Å². The Balaban J connectivity index is 1.52. The fraction of sp³-hybridized carbons (Fsp3) is 0.130. The summed E-state index contributed by atoms with van der Waals surface area (Å²) in [7, 11) is 1.63. The molecule has 0 aliphatic rings.